The SMILES string of the molecule is CCOc1cc(/C=C(/C#N)C(=O)Nc2ccccc2)ccc1OCc1ccc(F)cc1. The lowest BCUT2D eigenvalue weighted by Gasteiger charge is -2.13. The molecule has 3 aromatic carbocycles. The maximum atomic E-state index is 13.1. The summed E-state index contributed by atoms with van der Waals surface area (Å²) in [6, 6.07) is 22.1. The predicted octanol–water partition coefficient (Wildman–Crippen LogP) is 5.35. The fourth-order valence-electron chi connectivity index (χ4n) is 2.78. The molecule has 0 fully saturated rings. The van der Waals surface area contributed by atoms with Crippen LogP contribution in [0.3, 0.4) is 0 Å². The first kappa shape index (κ1) is 21.6. The van der Waals surface area contributed by atoms with Crippen molar-refractivity contribution in [1.29, 1.82) is 5.26 Å². The third-order valence-corrected chi connectivity index (χ3v) is 4.28. The first-order valence-corrected chi connectivity index (χ1v) is 9.71. The van der Waals surface area contributed by atoms with E-state index in [1.54, 1.807) is 54.6 Å². The molecule has 0 heterocycles. The highest BCUT2D eigenvalue weighted by Crippen LogP contribution is 2.30. The predicted molar refractivity (Wildman–Crippen MR) is 117 cm³/mol. The number of nitriles is 1. The van der Waals surface area contributed by atoms with Crippen LogP contribution in [0.25, 0.3) is 6.08 Å². The molecule has 0 saturated heterocycles. The molecule has 31 heavy (non-hydrogen) atoms. The van der Waals surface area contributed by atoms with E-state index in [0.717, 1.165) is 5.56 Å². The number of halogens is 1. The van der Waals surface area contributed by atoms with Gasteiger partial charge >= 0.3 is 0 Å². The third-order valence-electron chi connectivity index (χ3n) is 4.28. The van der Waals surface area contributed by atoms with Crippen LogP contribution in [-0.2, 0) is 11.4 Å². The molecule has 3 aromatic rings. The van der Waals surface area contributed by atoms with Crippen LogP contribution in [0.2, 0.25) is 0 Å². The van der Waals surface area contributed by atoms with E-state index in [0.29, 0.717) is 29.4 Å². The Hall–Kier alpha value is -4.11. The molecule has 0 aromatic heterocycles. The minimum Gasteiger partial charge on any atom is -0.490 e. The molecule has 0 aliphatic carbocycles. The van der Waals surface area contributed by atoms with Gasteiger partial charge in [-0.05, 0) is 60.5 Å². The average molecular weight is 416 g/mol. The van der Waals surface area contributed by atoms with Gasteiger partial charge in [-0.2, -0.15) is 5.26 Å². The largest absolute Gasteiger partial charge is 0.490 e. The molecule has 0 spiro atoms. The molecule has 0 atom stereocenters. The van der Waals surface area contributed by atoms with Gasteiger partial charge in [0, 0.05) is 5.69 Å². The lowest BCUT2D eigenvalue weighted by Crippen LogP contribution is -2.13. The molecular formula is C25H21FN2O3. The summed E-state index contributed by atoms with van der Waals surface area (Å²) < 4.78 is 24.5. The number of ether oxygens (including phenoxy) is 2. The summed E-state index contributed by atoms with van der Waals surface area (Å²) in [6.45, 7) is 2.51. The zero-order valence-corrected chi connectivity index (χ0v) is 17.0. The topological polar surface area (TPSA) is 71.3 Å². The summed E-state index contributed by atoms with van der Waals surface area (Å²) in [6.07, 6.45) is 1.49. The number of hydrogen-bond acceptors (Lipinski definition) is 4. The lowest BCUT2D eigenvalue weighted by molar-refractivity contribution is -0.112. The number of para-hydroxylation sites is 1. The van der Waals surface area contributed by atoms with Crippen LogP contribution in [0.4, 0.5) is 10.1 Å². The van der Waals surface area contributed by atoms with Gasteiger partial charge in [0.15, 0.2) is 11.5 Å². The van der Waals surface area contributed by atoms with Crippen molar-refractivity contribution in [3.8, 4) is 17.6 Å². The van der Waals surface area contributed by atoms with E-state index < -0.39 is 5.91 Å². The lowest BCUT2D eigenvalue weighted by atomic mass is 10.1. The molecule has 1 amide bonds. The molecular weight excluding hydrogens is 395 g/mol. The zero-order valence-electron chi connectivity index (χ0n) is 17.0. The molecule has 0 bridgehead atoms. The Morgan fingerprint density at radius 2 is 1.77 bits per heavy atom. The molecule has 5 nitrogen and oxygen atoms in total. The Morgan fingerprint density at radius 3 is 2.45 bits per heavy atom. The molecule has 6 heteroatoms. The quantitative estimate of drug-likeness (QED) is 0.397. The smallest absolute Gasteiger partial charge is 0.266 e. The fraction of sp³-hybridized carbons (Fsp3) is 0.120. The van der Waals surface area contributed by atoms with E-state index in [1.807, 2.05) is 19.1 Å². The van der Waals surface area contributed by atoms with Crippen molar-refractivity contribution in [1.82, 2.24) is 0 Å². The van der Waals surface area contributed by atoms with Crippen molar-refractivity contribution in [3.63, 3.8) is 0 Å². The van der Waals surface area contributed by atoms with Crippen LogP contribution in [0.15, 0.2) is 78.4 Å². The van der Waals surface area contributed by atoms with Gasteiger partial charge in [0.05, 0.1) is 6.61 Å². The van der Waals surface area contributed by atoms with Crippen LogP contribution in [0, 0.1) is 17.1 Å². The highest BCUT2D eigenvalue weighted by atomic mass is 19.1. The summed E-state index contributed by atoms with van der Waals surface area (Å²) in [7, 11) is 0. The Kier molecular flexibility index (Phi) is 7.39. The van der Waals surface area contributed by atoms with Crippen LogP contribution in [0.5, 0.6) is 11.5 Å². The van der Waals surface area contributed by atoms with Gasteiger partial charge in [-0.3, -0.25) is 4.79 Å². The van der Waals surface area contributed by atoms with Gasteiger partial charge in [-0.1, -0.05) is 36.4 Å². The molecule has 1 N–H and O–H groups in total. The van der Waals surface area contributed by atoms with Gasteiger partial charge in [0.25, 0.3) is 5.91 Å². The number of rotatable bonds is 8. The van der Waals surface area contributed by atoms with E-state index in [1.165, 1.54) is 18.2 Å². The fourth-order valence-corrected chi connectivity index (χ4v) is 2.78. The molecule has 0 aliphatic rings. The monoisotopic (exact) mass is 416 g/mol. The summed E-state index contributed by atoms with van der Waals surface area (Å²) in [5.41, 5.74) is 2.01. The number of carbonyl (C=O) groups is 1. The Bertz CT molecular complexity index is 1100. The number of hydrogen-bond donors (Lipinski definition) is 1. The standard InChI is InChI=1S/C25H21FN2O3/c1-2-30-24-15-19(10-13-23(24)31-17-18-8-11-21(26)12-9-18)14-20(16-27)25(29)28-22-6-4-3-5-7-22/h3-15H,2,17H2,1H3,(H,28,29)/b20-14-. The number of nitrogens with zero attached hydrogens (tertiary/aromatic N) is 1. The number of amides is 1. The van der Waals surface area contributed by atoms with Gasteiger partial charge in [0.2, 0.25) is 0 Å². The molecule has 156 valence electrons. The minimum atomic E-state index is -0.497. The number of anilines is 1. The zero-order chi connectivity index (χ0) is 22.1. The normalized spacial score (nSPS) is 10.8. The maximum absolute atomic E-state index is 13.1. The summed E-state index contributed by atoms with van der Waals surface area (Å²) in [5, 5.41) is 12.1. The first-order chi connectivity index (χ1) is 15.1. The summed E-state index contributed by atoms with van der Waals surface area (Å²) in [5.74, 6) is 0.192. The number of carbonyl (C=O) groups excluding carboxylic acids is 1. The highest BCUT2D eigenvalue weighted by molar-refractivity contribution is 6.09. The molecule has 0 unspecified atom stereocenters. The molecule has 0 aliphatic heterocycles. The van der Waals surface area contributed by atoms with Crippen molar-refractivity contribution in [2.24, 2.45) is 0 Å². The minimum absolute atomic E-state index is 0.0358. The average Bonchev–Trinajstić information content (AvgIpc) is 2.79. The Morgan fingerprint density at radius 1 is 1.03 bits per heavy atom. The van der Waals surface area contributed by atoms with Crippen LogP contribution in [0.1, 0.15) is 18.1 Å². The van der Waals surface area contributed by atoms with E-state index in [9.17, 15) is 14.4 Å². The second kappa shape index (κ2) is 10.6. The van der Waals surface area contributed by atoms with Gasteiger partial charge in [0.1, 0.15) is 24.1 Å². The summed E-state index contributed by atoms with van der Waals surface area (Å²) in [4.78, 5) is 12.4. The number of benzene rings is 3. The van der Waals surface area contributed by atoms with Gasteiger partial charge in [-0.25, -0.2) is 4.39 Å². The van der Waals surface area contributed by atoms with Crippen LogP contribution >= 0.6 is 0 Å². The van der Waals surface area contributed by atoms with Crippen LogP contribution < -0.4 is 14.8 Å². The third kappa shape index (κ3) is 6.18. The number of nitrogens with one attached hydrogen (secondary N) is 1. The maximum Gasteiger partial charge on any atom is 0.266 e. The van der Waals surface area contributed by atoms with Gasteiger partial charge in [-0.15, -0.1) is 0 Å². The van der Waals surface area contributed by atoms with Crippen molar-refractivity contribution in [2.75, 3.05) is 11.9 Å². The van der Waals surface area contributed by atoms with Crippen molar-refractivity contribution >= 4 is 17.7 Å². The molecule has 3 rings (SSSR count). The van der Waals surface area contributed by atoms with Crippen molar-refractivity contribution < 1.29 is 18.7 Å². The van der Waals surface area contributed by atoms with E-state index in [4.69, 9.17) is 9.47 Å². The second-order valence-corrected chi connectivity index (χ2v) is 6.54. The van der Waals surface area contributed by atoms with Gasteiger partial charge < -0.3 is 14.8 Å². The van der Waals surface area contributed by atoms with E-state index >= 15 is 0 Å². The first-order valence-electron chi connectivity index (χ1n) is 9.71. The van der Waals surface area contributed by atoms with Crippen molar-refractivity contribution in [2.45, 2.75) is 13.5 Å². The van der Waals surface area contributed by atoms with Crippen LogP contribution in [-0.4, -0.2) is 12.5 Å². The molecule has 0 radical (unpaired) electrons. The Labute approximate surface area is 180 Å². The highest BCUT2D eigenvalue weighted by Gasteiger charge is 2.11. The van der Waals surface area contributed by atoms with Crippen molar-refractivity contribution in [3.05, 3.63) is 95.3 Å². The second-order valence-electron chi connectivity index (χ2n) is 6.54. The van der Waals surface area contributed by atoms with E-state index in [2.05, 4.69) is 5.32 Å². The summed E-state index contributed by atoms with van der Waals surface area (Å²) >= 11 is 0. The molecule has 0 saturated carbocycles. The Balaban J connectivity index is 1.77. The van der Waals surface area contributed by atoms with E-state index in [-0.39, 0.29) is 18.0 Å².